The monoisotopic (exact) mass is 328 g/mol. The van der Waals surface area contributed by atoms with Crippen molar-refractivity contribution in [1.29, 1.82) is 0 Å². The molecule has 1 atom stereocenters. The van der Waals surface area contributed by atoms with Crippen LogP contribution in [-0.4, -0.2) is 69.2 Å². The zero-order valence-electron chi connectivity index (χ0n) is 13.8. The van der Waals surface area contributed by atoms with Gasteiger partial charge in [0, 0.05) is 32.7 Å². The molecule has 24 heavy (non-hydrogen) atoms. The van der Waals surface area contributed by atoms with Crippen LogP contribution in [0.25, 0.3) is 11.0 Å². The topological polar surface area (TPSA) is 61.6 Å². The largest absolute Gasteiger partial charge is 0.392 e. The molecule has 2 aromatic rings. The van der Waals surface area contributed by atoms with E-state index < -0.39 is 0 Å². The number of amides is 1. The van der Waals surface area contributed by atoms with Crippen LogP contribution in [0.2, 0.25) is 0 Å². The summed E-state index contributed by atoms with van der Waals surface area (Å²) in [5.74, 6) is 0.653. The average molecular weight is 328 g/mol. The molecule has 1 saturated heterocycles. The highest BCUT2D eigenvalue weighted by atomic mass is 16.3. The molecule has 1 aromatic carbocycles. The van der Waals surface area contributed by atoms with Gasteiger partial charge >= 0.3 is 0 Å². The van der Waals surface area contributed by atoms with E-state index in [-0.39, 0.29) is 12.0 Å². The van der Waals surface area contributed by atoms with E-state index in [1.54, 1.807) is 6.33 Å². The Kier molecular flexibility index (Phi) is 4.24. The summed E-state index contributed by atoms with van der Waals surface area (Å²) >= 11 is 0. The second-order valence-corrected chi connectivity index (χ2v) is 6.95. The van der Waals surface area contributed by atoms with Crippen LogP contribution in [-0.2, 0) is 11.3 Å². The van der Waals surface area contributed by atoms with Crippen molar-refractivity contribution in [3.63, 3.8) is 0 Å². The minimum absolute atomic E-state index is 0.139. The fraction of sp³-hybridized carbons (Fsp3) is 0.556. The van der Waals surface area contributed by atoms with Gasteiger partial charge in [0.05, 0.1) is 23.5 Å². The summed E-state index contributed by atoms with van der Waals surface area (Å²) < 4.78 is 1.92. The van der Waals surface area contributed by atoms with Crippen LogP contribution in [0, 0.1) is 5.92 Å². The van der Waals surface area contributed by atoms with E-state index in [1.807, 2.05) is 33.7 Å². The third-order valence-corrected chi connectivity index (χ3v) is 5.17. The SMILES string of the molecule is O=C(Cn1cnc2ccccc21)N1CCN(C[C@@H](O)C2CC2)CC1. The molecule has 1 aliphatic carbocycles. The summed E-state index contributed by atoms with van der Waals surface area (Å²) in [6.07, 6.45) is 3.88. The molecule has 0 bridgehead atoms. The Labute approximate surface area is 141 Å². The van der Waals surface area contributed by atoms with E-state index in [0.29, 0.717) is 12.5 Å². The van der Waals surface area contributed by atoms with Gasteiger partial charge in [-0.25, -0.2) is 4.98 Å². The Hall–Kier alpha value is -1.92. The Morgan fingerprint density at radius 1 is 1.21 bits per heavy atom. The lowest BCUT2D eigenvalue weighted by molar-refractivity contribution is -0.133. The molecule has 0 unspecified atom stereocenters. The number of nitrogens with zero attached hydrogens (tertiary/aromatic N) is 4. The molecule has 6 heteroatoms. The summed E-state index contributed by atoms with van der Waals surface area (Å²) in [7, 11) is 0. The molecule has 1 N–H and O–H groups in total. The number of rotatable bonds is 5. The highest BCUT2D eigenvalue weighted by Crippen LogP contribution is 2.32. The maximum Gasteiger partial charge on any atom is 0.242 e. The van der Waals surface area contributed by atoms with Crippen molar-refractivity contribution in [2.45, 2.75) is 25.5 Å². The van der Waals surface area contributed by atoms with Gasteiger partial charge in [-0.1, -0.05) is 12.1 Å². The van der Waals surface area contributed by atoms with Gasteiger partial charge in [-0.2, -0.15) is 0 Å². The minimum Gasteiger partial charge on any atom is -0.392 e. The summed E-state index contributed by atoms with van der Waals surface area (Å²) in [4.78, 5) is 21.1. The number of aromatic nitrogens is 2. The van der Waals surface area contributed by atoms with Crippen molar-refractivity contribution >= 4 is 16.9 Å². The number of β-amino-alcohol motifs (C(OH)–C–C–N with tert-alkyl or cyclic N) is 1. The zero-order valence-corrected chi connectivity index (χ0v) is 13.8. The van der Waals surface area contributed by atoms with Crippen LogP contribution in [0.1, 0.15) is 12.8 Å². The highest BCUT2D eigenvalue weighted by Gasteiger charge is 2.32. The number of piperazine rings is 1. The molecule has 128 valence electrons. The predicted molar refractivity (Wildman–Crippen MR) is 91.5 cm³/mol. The molecule has 1 aromatic heterocycles. The minimum atomic E-state index is -0.190. The Balaban J connectivity index is 1.31. The summed E-state index contributed by atoms with van der Waals surface area (Å²) in [6, 6.07) is 7.87. The second-order valence-electron chi connectivity index (χ2n) is 6.95. The number of para-hydroxylation sites is 2. The first-order valence-corrected chi connectivity index (χ1v) is 8.79. The number of fused-ring (bicyclic) bond motifs is 1. The van der Waals surface area contributed by atoms with E-state index >= 15 is 0 Å². The Morgan fingerprint density at radius 2 is 1.96 bits per heavy atom. The zero-order chi connectivity index (χ0) is 16.5. The van der Waals surface area contributed by atoms with E-state index in [1.165, 1.54) is 12.8 Å². The van der Waals surface area contributed by atoms with E-state index in [0.717, 1.165) is 43.8 Å². The van der Waals surface area contributed by atoms with Gasteiger partial charge in [0.25, 0.3) is 0 Å². The van der Waals surface area contributed by atoms with E-state index in [2.05, 4.69) is 9.88 Å². The number of hydrogen-bond donors (Lipinski definition) is 1. The molecular formula is C18H24N4O2. The maximum atomic E-state index is 12.6. The highest BCUT2D eigenvalue weighted by molar-refractivity contribution is 5.80. The van der Waals surface area contributed by atoms with Gasteiger partial charge in [0.1, 0.15) is 6.54 Å². The third kappa shape index (κ3) is 3.30. The maximum absolute atomic E-state index is 12.6. The van der Waals surface area contributed by atoms with Crippen LogP contribution < -0.4 is 0 Å². The molecule has 2 aliphatic rings. The number of aliphatic hydroxyl groups is 1. The van der Waals surface area contributed by atoms with Gasteiger partial charge in [-0.3, -0.25) is 9.69 Å². The third-order valence-electron chi connectivity index (χ3n) is 5.17. The normalized spacial score (nSPS) is 20.5. The number of benzene rings is 1. The summed E-state index contributed by atoms with van der Waals surface area (Å²) in [5.41, 5.74) is 1.92. The average Bonchev–Trinajstić information content (AvgIpc) is 3.38. The van der Waals surface area contributed by atoms with Crippen LogP contribution in [0.5, 0.6) is 0 Å². The standard InChI is InChI=1S/C18H24N4O2/c23-17(14-5-6-14)11-20-7-9-21(10-8-20)18(24)12-22-13-19-15-3-1-2-4-16(15)22/h1-4,13-14,17,23H,5-12H2/t17-/m1/s1. The van der Waals surface area contributed by atoms with Crippen molar-refractivity contribution in [2.75, 3.05) is 32.7 Å². The number of carbonyl (C=O) groups is 1. The first kappa shape index (κ1) is 15.6. The molecule has 2 heterocycles. The second kappa shape index (κ2) is 6.53. The van der Waals surface area contributed by atoms with Crippen molar-refractivity contribution < 1.29 is 9.90 Å². The van der Waals surface area contributed by atoms with Crippen LogP contribution in [0.15, 0.2) is 30.6 Å². The van der Waals surface area contributed by atoms with Gasteiger partial charge < -0.3 is 14.6 Å². The molecule has 1 saturated carbocycles. The van der Waals surface area contributed by atoms with Gasteiger partial charge in [-0.05, 0) is 30.9 Å². The molecule has 0 radical (unpaired) electrons. The van der Waals surface area contributed by atoms with Crippen molar-refractivity contribution in [3.8, 4) is 0 Å². The number of aliphatic hydroxyl groups excluding tert-OH is 1. The van der Waals surface area contributed by atoms with Crippen molar-refractivity contribution in [2.24, 2.45) is 5.92 Å². The number of imidazole rings is 1. The van der Waals surface area contributed by atoms with Crippen LogP contribution in [0.3, 0.4) is 0 Å². The van der Waals surface area contributed by atoms with Crippen LogP contribution in [0.4, 0.5) is 0 Å². The first-order valence-electron chi connectivity index (χ1n) is 8.79. The molecule has 4 rings (SSSR count). The van der Waals surface area contributed by atoms with E-state index in [9.17, 15) is 9.90 Å². The summed E-state index contributed by atoms with van der Waals surface area (Å²) in [6.45, 7) is 4.26. The lowest BCUT2D eigenvalue weighted by Gasteiger charge is -2.35. The van der Waals surface area contributed by atoms with Crippen LogP contribution >= 0.6 is 0 Å². The number of hydrogen-bond acceptors (Lipinski definition) is 4. The molecule has 1 amide bonds. The predicted octanol–water partition coefficient (Wildman–Crippen LogP) is 0.951. The molecule has 2 fully saturated rings. The lowest BCUT2D eigenvalue weighted by atomic mass is 10.2. The smallest absolute Gasteiger partial charge is 0.242 e. The quantitative estimate of drug-likeness (QED) is 0.888. The van der Waals surface area contributed by atoms with Gasteiger partial charge in [0.15, 0.2) is 0 Å². The van der Waals surface area contributed by atoms with E-state index in [4.69, 9.17) is 0 Å². The molecule has 0 spiro atoms. The Bertz CT molecular complexity index is 717. The van der Waals surface area contributed by atoms with Gasteiger partial charge in [0.2, 0.25) is 5.91 Å². The van der Waals surface area contributed by atoms with Gasteiger partial charge in [-0.15, -0.1) is 0 Å². The fourth-order valence-electron chi connectivity index (χ4n) is 3.46. The number of carbonyl (C=O) groups excluding carboxylic acids is 1. The fourth-order valence-corrected chi connectivity index (χ4v) is 3.46. The van der Waals surface area contributed by atoms with Crippen molar-refractivity contribution in [3.05, 3.63) is 30.6 Å². The van der Waals surface area contributed by atoms with Crippen molar-refractivity contribution in [1.82, 2.24) is 19.4 Å². The first-order chi connectivity index (χ1) is 11.7. The summed E-state index contributed by atoms with van der Waals surface area (Å²) in [5, 5.41) is 10.1. The lowest BCUT2D eigenvalue weighted by Crippen LogP contribution is -2.51. The Morgan fingerprint density at radius 3 is 2.71 bits per heavy atom. The molecule has 1 aliphatic heterocycles. The molecule has 6 nitrogen and oxygen atoms in total. The molecular weight excluding hydrogens is 304 g/mol.